The maximum absolute atomic E-state index is 12.7. The molecule has 0 aromatic heterocycles. The number of rotatable bonds is 6. The van der Waals surface area contributed by atoms with Crippen LogP contribution in [0.15, 0.2) is 23.1 Å². The molecule has 0 saturated carbocycles. The fraction of sp³-hybridized carbons (Fsp3) is 0.571. The molecule has 1 aliphatic heterocycles. The molecule has 1 aliphatic rings. The van der Waals surface area contributed by atoms with Crippen molar-refractivity contribution in [2.45, 2.75) is 37.9 Å². The minimum atomic E-state index is -3.47. The van der Waals surface area contributed by atoms with Crippen LogP contribution in [0.3, 0.4) is 0 Å². The van der Waals surface area contributed by atoms with Crippen molar-refractivity contribution < 1.29 is 13.2 Å². The standard InChI is InChI=1S/C14H22N2O3S/c1-4-16(11(2)10-19-3)20(17,18)14-6-5-12-8-15-9-13(12)7-14/h5-7,11,15H,4,8-10H2,1-3H3. The Morgan fingerprint density at radius 3 is 2.70 bits per heavy atom. The highest BCUT2D eigenvalue weighted by atomic mass is 32.2. The molecule has 0 saturated heterocycles. The number of nitrogens with one attached hydrogen (secondary N) is 1. The Bertz CT molecular complexity index is 572. The summed E-state index contributed by atoms with van der Waals surface area (Å²) in [6, 6.07) is 5.20. The van der Waals surface area contributed by atoms with Crippen molar-refractivity contribution in [1.82, 2.24) is 9.62 Å². The zero-order valence-corrected chi connectivity index (χ0v) is 13.0. The number of fused-ring (bicyclic) bond motifs is 1. The van der Waals surface area contributed by atoms with E-state index in [9.17, 15) is 8.42 Å². The van der Waals surface area contributed by atoms with Gasteiger partial charge in [-0.25, -0.2) is 8.42 Å². The van der Waals surface area contributed by atoms with Crippen molar-refractivity contribution in [3.05, 3.63) is 29.3 Å². The Labute approximate surface area is 121 Å². The lowest BCUT2D eigenvalue weighted by Gasteiger charge is -2.26. The summed E-state index contributed by atoms with van der Waals surface area (Å²) >= 11 is 0. The molecule has 2 rings (SSSR count). The molecule has 1 heterocycles. The van der Waals surface area contributed by atoms with E-state index in [0.29, 0.717) is 18.0 Å². The Balaban J connectivity index is 2.33. The summed E-state index contributed by atoms with van der Waals surface area (Å²) in [6.07, 6.45) is 0. The number of sulfonamides is 1. The van der Waals surface area contributed by atoms with Gasteiger partial charge in [0.2, 0.25) is 10.0 Å². The molecule has 0 aliphatic carbocycles. The Morgan fingerprint density at radius 1 is 1.35 bits per heavy atom. The molecule has 1 aromatic carbocycles. The lowest BCUT2D eigenvalue weighted by atomic mass is 10.1. The van der Waals surface area contributed by atoms with Crippen LogP contribution in [0.2, 0.25) is 0 Å². The van der Waals surface area contributed by atoms with Gasteiger partial charge in [0.25, 0.3) is 0 Å². The summed E-state index contributed by atoms with van der Waals surface area (Å²) < 4.78 is 32.0. The summed E-state index contributed by atoms with van der Waals surface area (Å²) in [7, 11) is -1.89. The molecule has 1 N–H and O–H groups in total. The second kappa shape index (κ2) is 6.22. The van der Waals surface area contributed by atoms with Gasteiger partial charge in [-0.05, 0) is 30.2 Å². The van der Waals surface area contributed by atoms with Crippen molar-refractivity contribution >= 4 is 10.0 Å². The molecule has 1 unspecified atom stereocenters. The molecule has 0 amide bonds. The molecule has 5 nitrogen and oxygen atoms in total. The average Bonchev–Trinajstić information content (AvgIpc) is 2.86. The van der Waals surface area contributed by atoms with Crippen LogP contribution in [0.1, 0.15) is 25.0 Å². The SMILES string of the molecule is CCN(C(C)COC)S(=O)(=O)c1ccc2c(c1)CNC2. The molecule has 20 heavy (non-hydrogen) atoms. The van der Waals surface area contributed by atoms with Crippen LogP contribution in [-0.2, 0) is 27.8 Å². The van der Waals surface area contributed by atoms with Crippen molar-refractivity contribution in [1.29, 1.82) is 0 Å². The van der Waals surface area contributed by atoms with Gasteiger partial charge in [0.1, 0.15) is 0 Å². The predicted molar refractivity (Wildman–Crippen MR) is 77.9 cm³/mol. The summed E-state index contributed by atoms with van der Waals surface area (Å²) in [5.74, 6) is 0. The molecular weight excluding hydrogens is 276 g/mol. The third-order valence-corrected chi connectivity index (χ3v) is 5.71. The highest BCUT2D eigenvalue weighted by molar-refractivity contribution is 7.89. The smallest absolute Gasteiger partial charge is 0.243 e. The largest absolute Gasteiger partial charge is 0.383 e. The van der Waals surface area contributed by atoms with Crippen molar-refractivity contribution in [3.8, 4) is 0 Å². The summed E-state index contributed by atoms with van der Waals surface area (Å²) in [5, 5.41) is 3.22. The van der Waals surface area contributed by atoms with Gasteiger partial charge in [-0.15, -0.1) is 0 Å². The average molecular weight is 298 g/mol. The van der Waals surface area contributed by atoms with Crippen molar-refractivity contribution in [2.24, 2.45) is 0 Å². The normalized spacial score (nSPS) is 16.4. The van der Waals surface area contributed by atoms with Crippen LogP contribution >= 0.6 is 0 Å². The van der Waals surface area contributed by atoms with E-state index in [1.54, 1.807) is 19.2 Å². The first kappa shape index (κ1) is 15.4. The number of hydrogen-bond donors (Lipinski definition) is 1. The van der Waals surface area contributed by atoms with Crippen LogP contribution in [0, 0.1) is 0 Å². The van der Waals surface area contributed by atoms with Gasteiger partial charge in [-0.3, -0.25) is 0 Å². The van der Waals surface area contributed by atoms with Crippen LogP contribution < -0.4 is 5.32 Å². The number of hydrogen-bond acceptors (Lipinski definition) is 4. The summed E-state index contributed by atoms with van der Waals surface area (Å²) in [4.78, 5) is 0.366. The van der Waals surface area contributed by atoms with E-state index >= 15 is 0 Å². The van der Waals surface area contributed by atoms with Crippen molar-refractivity contribution in [3.63, 3.8) is 0 Å². The second-order valence-corrected chi connectivity index (χ2v) is 6.94. The van der Waals surface area contributed by atoms with Gasteiger partial charge in [0, 0.05) is 32.8 Å². The number of likely N-dealkylation sites (N-methyl/N-ethyl adjacent to an activating group) is 1. The van der Waals surface area contributed by atoms with Gasteiger partial charge in [0.05, 0.1) is 11.5 Å². The first-order chi connectivity index (χ1) is 9.50. The summed E-state index contributed by atoms with van der Waals surface area (Å²) in [6.45, 7) is 6.07. The topological polar surface area (TPSA) is 58.6 Å². The van der Waals surface area contributed by atoms with Gasteiger partial charge in [-0.1, -0.05) is 13.0 Å². The molecule has 1 atom stereocenters. The molecule has 0 bridgehead atoms. The lowest BCUT2D eigenvalue weighted by Crippen LogP contribution is -2.40. The Kier molecular flexibility index (Phi) is 4.80. The molecule has 6 heteroatoms. The van der Waals surface area contributed by atoms with Crippen LogP contribution in [0.25, 0.3) is 0 Å². The number of methoxy groups -OCH3 is 1. The maximum atomic E-state index is 12.7. The number of benzene rings is 1. The third-order valence-electron chi connectivity index (χ3n) is 3.63. The Morgan fingerprint density at radius 2 is 2.05 bits per heavy atom. The number of nitrogens with zero attached hydrogens (tertiary/aromatic N) is 1. The van der Waals surface area contributed by atoms with Crippen LogP contribution in [-0.4, -0.2) is 39.0 Å². The molecule has 112 valence electrons. The fourth-order valence-corrected chi connectivity index (χ4v) is 4.29. The zero-order chi connectivity index (χ0) is 14.8. The van der Waals surface area contributed by atoms with Gasteiger partial charge in [-0.2, -0.15) is 4.31 Å². The minimum absolute atomic E-state index is 0.179. The lowest BCUT2D eigenvalue weighted by molar-refractivity contribution is 0.142. The Hall–Kier alpha value is -0.950. The second-order valence-electron chi connectivity index (χ2n) is 5.05. The maximum Gasteiger partial charge on any atom is 0.243 e. The van der Waals surface area contributed by atoms with E-state index in [-0.39, 0.29) is 6.04 Å². The molecule has 0 radical (unpaired) electrons. The van der Waals surface area contributed by atoms with E-state index in [1.807, 2.05) is 19.9 Å². The highest BCUT2D eigenvalue weighted by Crippen LogP contribution is 2.23. The first-order valence-corrected chi connectivity index (χ1v) is 8.28. The predicted octanol–water partition coefficient (Wildman–Crippen LogP) is 1.34. The van der Waals surface area contributed by atoms with Crippen molar-refractivity contribution in [2.75, 3.05) is 20.3 Å². The van der Waals surface area contributed by atoms with E-state index < -0.39 is 10.0 Å². The molecule has 0 fully saturated rings. The van der Waals surface area contributed by atoms with Gasteiger partial charge < -0.3 is 10.1 Å². The van der Waals surface area contributed by atoms with E-state index in [2.05, 4.69) is 5.32 Å². The summed E-state index contributed by atoms with van der Waals surface area (Å²) in [5.41, 5.74) is 2.25. The molecule has 1 aromatic rings. The van der Waals surface area contributed by atoms with Gasteiger partial charge in [0.15, 0.2) is 0 Å². The molecule has 0 spiro atoms. The van der Waals surface area contributed by atoms with E-state index in [4.69, 9.17) is 4.74 Å². The van der Waals surface area contributed by atoms with E-state index in [0.717, 1.165) is 18.7 Å². The molecular formula is C14H22N2O3S. The quantitative estimate of drug-likeness (QED) is 0.861. The third kappa shape index (κ3) is 2.88. The fourth-order valence-electron chi connectivity index (χ4n) is 2.61. The van der Waals surface area contributed by atoms with Crippen LogP contribution in [0.4, 0.5) is 0 Å². The zero-order valence-electron chi connectivity index (χ0n) is 12.2. The van der Waals surface area contributed by atoms with Crippen LogP contribution in [0.5, 0.6) is 0 Å². The van der Waals surface area contributed by atoms with Gasteiger partial charge >= 0.3 is 0 Å². The first-order valence-electron chi connectivity index (χ1n) is 6.84. The minimum Gasteiger partial charge on any atom is -0.383 e. The monoisotopic (exact) mass is 298 g/mol. The number of ether oxygens (including phenoxy) is 1. The van der Waals surface area contributed by atoms with E-state index in [1.165, 1.54) is 9.87 Å². The highest BCUT2D eigenvalue weighted by Gasteiger charge is 2.28.